The number of carbonyl (C=O) groups excluding carboxylic acids is 1. The molecule has 5 nitrogen and oxygen atoms in total. The average molecular weight is 228 g/mol. The summed E-state index contributed by atoms with van der Waals surface area (Å²) >= 11 is 3.88. The van der Waals surface area contributed by atoms with E-state index in [0.29, 0.717) is 17.6 Å². The second-order valence-corrected chi connectivity index (χ2v) is 3.06. The standard InChI is InChI=1S/C9H12N2O3S/c1-13-8-4-9(14-2)11-7(10-8)3-6(12)5-15/h4,15H,3,5H2,1-2H3. The molecule has 1 heterocycles. The van der Waals surface area contributed by atoms with Crippen molar-refractivity contribution in [3.05, 3.63) is 11.9 Å². The van der Waals surface area contributed by atoms with Gasteiger partial charge >= 0.3 is 0 Å². The number of ketones is 1. The Labute approximate surface area is 93.2 Å². The lowest BCUT2D eigenvalue weighted by Crippen LogP contribution is -2.08. The van der Waals surface area contributed by atoms with Crippen LogP contribution in [0.5, 0.6) is 11.8 Å². The Morgan fingerprint density at radius 2 is 1.87 bits per heavy atom. The Morgan fingerprint density at radius 1 is 1.33 bits per heavy atom. The third kappa shape index (κ3) is 3.39. The minimum Gasteiger partial charge on any atom is -0.481 e. The molecule has 0 aliphatic heterocycles. The molecule has 0 spiro atoms. The number of ether oxygens (including phenoxy) is 2. The molecule has 0 aromatic carbocycles. The van der Waals surface area contributed by atoms with E-state index in [2.05, 4.69) is 22.6 Å². The van der Waals surface area contributed by atoms with Crippen LogP contribution < -0.4 is 9.47 Å². The van der Waals surface area contributed by atoms with E-state index in [0.717, 1.165) is 0 Å². The number of thiol groups is 1. The zero-order valence-corrected chi connectivity index (χ0v) is 9.45. The van der Waals surface area contributed by atoms with Gasteiger partial charge in [0.1, 0.15) is 11.6 Å². The highest BCUT2D eigenvalue weighted by atomic mass is 32.1. The van der Waals surface area contributed by atoms with Crippen molar-refractivity contribution in [2.75, 3.05) is 20.0 Å². The quantitative estimate of drug-likeness (QED) is 0.745. The van der Waals surface area contributed by atoms with Crippen LogP contribution in [-0.2, 0) is 11.2 Å². The second-order valence-electron chi connectivity index (χ2n) is 2.74. The molecule has 15 heavy (non-hydrogen) atoms. The number of aromatic nitrogens is 2. The number of rotatable bonds is 5. The highest BCUT2D eigenvalue weighted by molar-refractivity contribution is 7.81. The van der Waals surface area contributed by atoms with Crippen molar-refractivity contribution >= 4 is 18.4 Å². The van der Waals surface area contributed by atoms with Crippen molar-refractivity contribution < 1.29 is 14.3 Å². The molecule has 0 unspecified atom stereocenters. The fourth-order valence-electron chi connectivity index (χ4n) is 0.970. The lowest BCUT2D eigenvalue weighted by Gasteiger charge is -2.05. The molecule has 0 N–H and O–H groups in total. The summed E-state index contributed by atoms with van der Waals surface area (Å²) in [5, 5.41) is 0. The zero-order valence-electron chi connectivity index (χ0n) is 8.56. The first-order valence-electron chi connectivity index (χ1n) is 4.28. The van der Waals surface area contributed by atoms with E-state index < -0.39 is 0 Å². The summed E-state index contributed by atoms with van der Waals surface area (Å²) in [4.78, 5) is 19.2. The maximum atomic E-state index is 11.1. The Bertz CT molecular complexity index is 335. The van der Waals surface area contributed by atoms with Crippen molar-refractivity contribution in [3.63, 3.8) is 0 Å². The summed E-state index contributed by atoms with van der Waals surface area (Å²) in [7, 11) is 2.98. The summed E-state index contributed by atoms with van der Waals surface area (Å²) < 4.78 is 9.90. The predicted octanol–water partition coefficient (Wildman–Crippen LogP) is 0.535. The lowest BCUT2D eigenvalue weighted by molar-refractivity contribution is -0.116. The van der Waals surface area contributed by atoms with Crippen molar-refractivity contribution in [1.82, 2.24) is 9.97 Å². The predicted molar refractivity (Wildman–Crippen MR) is 57.7 cm³/mol. The number of methoxy groups -OCH3 is 2. The monoisotopic (exact) mass is 228 g/mol. The van der Waals surface area contributed by atoms with E-state index in [1.54, 1.807) is 6.07 Å². The summed E-state index contributed by atoms with van der Waals surface area (Å²) in [6.07, 6.45) is 0.136. The topological polar surface area (TPSA) is 61.3 Å². The maximum absolute atomic E-state index is 11.1. The van der Waals surface area contributed by atoms with Crippen LogP contribution in [0.3, 0.4) is 0 Å². The Kier molecular flexibility index (Phi) is 4.36. The van der Waals surface area contributed by atoms with Gasteiger partial charge in [-0.25, -0.2) is 0 Å². The van der Waals surface area contributed by atoms with Crippen LogP contribution in [0.4, 0.5) is 0 Å². The third-order valence-electron chi connectivity index (χ3n) is 1.68. The lowest BCUT2D eigenvalue weighted by atomic mass is 10.3. The molecule has 0 aliphatic rings. The third-order valence-corrected chi connectivity index (χ3v) is 2.03. The highest BCUT2D eigenvalue weighted by Crippen LogP contribution is 2.14. The van der Waals surface area contributed by atoms with Crippen LogP contribution in [0, 0.1) is 0 Å². The Morgan fingerprint density at radius 3 is 2.27 bits per heavy atom. The summed E-state index contributed by atoms with van der Waals surface area (Å²) in [6.45, 7) is 0. The number of nitrogens with zero attached hydrogens (tertiary/aromatic N) is 2. The Hall–Kier alpha value is -1.30. The molecule has 0 aliphatic carbocycles. The first kappa shape index (κ1) is 11.8. The number of carbonyl (C=O) groups is 1. The molecule has 1 aromatic rings. The van der Waals surface area contributed by atoms with Crippen LogP contribution in [0.2, 0.25) is 0 Å². The van der Waals surface area contributed by atoms with Gasteiger partial charge in [-0.05, 0) is 0 Å². The molecule has 0 saturated heterocycles. The van der Waals surface area contributed by atoms with Crippen molar-refractivity contribution in [2.24, 2.45) is 0 Å². The SMILES string of the molecule is COc1cc(OC)nc(CC(=O)CS)n1. The van der Waals surface area contributed by atoms with Crippen LogP contribution in [-0.4, -0.2) is 35.7 Å². The van der Waals surface area contributed by atoms with Crippen LogP contribution in [0.1, 0.15) is 5.82 Å². The van der Waals surface area contributed by atoms with Gasteiger partial charge in [-0.1, -0.05) is 0 Å². The number of hydrogen-bond acceptors (Lipinski definition) is 6. The number of Topliss-reactive ketones (excluding diaryl/α,β-unsaturated/α-hetero) is 1. The largest absolute Gasteiger partial charge is 0.481 e. The van der Waals surface area contributed by atoms with E-state index in [9.17, 15) is 4.79 Å². The number of hydrogen-bond donors (Lipinski definition) is 1. The van der Waals surface area contributed by atoms with Crippen LogP contribution in [0.15, 0.2) is 6.07 Å². The van der Waals surface area contributed by atoms with E-state index >= 15 is 0 Å². The van der Waals surface area contributed by atoms with Gasteiger partial charge in [0.05, 0.1) is 26.7 Å². The normalized spacial score (nSPS) is 9.80. The molecule has 0 amide bonds. The highest BCUT2D eigenvalue weighted by Gasteiger charge is 2.08. The molecule has 0 fully saturated rings. The van der Waals surface area contributed by atoms with Gasteiger partial charge in [0.2, 0.25) is 11.8 Å². The van der Waals surface area contributed by atoms with Crippen molar-refractivity contribution in [3.8, 4) is 11.8 Å². The van der Waals surface area contributed by atoms with E-state index in [4.69, 9.17) is 9.47 Å². The molecule has 0 radical (unpaired) electrons. The molecular weight excluding hydrogens is 216 g/mol. The molecule has 0 bridgehead atoms. The molecule has 0 atom stereocenters. The fourth-order valence-corrected chi connectivity index (χ4v) is 1.08. The minimum absolute atomic E-state index is 0.0476. The van der Waals surface area contributed by atoms with Crippen molar-refractivity contribution in [1.29, 1.82) is 0 Å². The summed E-state index contributed by atoms with van der Waals surface area (Å²) in [6, 6.07) is 1.55. The van der Waals surface area contributed by atoms with E-state index in [1.165, 1.54) is 14.2 Å². The van der Waals surface area contributed by atoms with E-state index in [1.807, 2.05) is 0 Å². The second kappa shape index (κ2) is 5.55. The minimum atomic E-state index is -0.0476. The molecule has 82 valence electrons. The smallest absolute Gasteiger partial charge is 0.220 e. The van der Waals surface area contributed by atoms with Crippen LogP contribution in [0.25, 0.3) is 0 Å². The van der Waals surface area contributed by atoms with Gasteiger partial charge in [0.25, 0.3) is 0 Å². The first-order valence-corrected chi connectivity index (χ1v) is 4.91. The first-order chi connectivity index (χ1) is 7.19. The molecule has 6 heteroatoms. The molecule has 1 aromatic heterocycles. The van der Waals surface area contributed by atoms with Gasteiger partial charge in [0.15, 0.2) is 0 Å². The van der Waals surface area contributed by atoms with E-state index in [-0.39, 0.29) is 18.0 Å². The maximum Gasteiger partial charge on any atom is 0.220 e. The zero-order chi connectivity index (χ0) is 11.3. The van der Waals surface area contributed by atoms with Gasteiger partial charge in [-0.2, -0.15) is 22.6 Å². The van der Waals surface area contributed by atoms with Gasteiger partial charge in [-0.3, -0.25) is 4.79 Å². The van der Waals surface area contributed by atoms with Crippen LogP contribution >= 0.6 is 12.6 Å². The van der Waals surface area contributed by atoms with Gasteiger partial charge in [0, 0.05) is 5.75 Å². The molecular formula is C9H12N2O3S. The molecule has 1 rings (SSSR count). The molecule has 0 saturated carbocycles. The summed E-state index contributed by atoms with van der Waals surface area (Å²) in [5.74, 6) is 1.26. The van der Waals surface area contributed by atoms with Crippen molar-refractivity contribution in [2.45, 2.75) is 6.42 Å². The average Bonchev–Trinajstić information content (AvgIpc) is 2.28. The summed E-state index contributed by atoms with van der Waals surface area (Å²) in [5.41, 5.74) is 0. The van der Waals surface area contributed by atoms with Gasteiger partial charge in [-0.15, -0.1) is 0 Å². The fraction of sp³-hybridized carbons (Fsp3) is 0.444. The van der Waals surface area contributed by atoms with Gasteiger partial charge < -0.3 is 9.47 Å². The Balaban J connectivity index is 2.91.